The van der Waals surface area contributed by atoms with E-state index in [1.54, 1.807) is 0 Å². The van der Waals surface area contributed by atoms with Crippen LogP contribution in [0, 0.1) is 0 Å². The summed E-state index contributed by atoms with van der Waals surface area (Å²) in [5.41, 5.74) is 2.10. The van der Waals surface area contributed by atoms with Gasteiger partial charge in [-0.15, -0.1) is 0 Å². The van der Waals surface area contributed by atoms with E-state index in [-0.39, 0.29) is 17.5 Å². The summed E-state index contributed by atoms with van der Waals surface area (Å²) in [6, 6.07) is 8.61. The van der Waals surface area contributed by atoms with Gasteiger partial charge in [-0.05, 0) is 50.8 Å². The lowest BCUT2D eigenvalue weighted by Gasteiger charge is -2.35. The third-order valence-electron chi connectivity index (χ3n) is 4.76. The maximum atomic E-state index is 13.2. The maximum absolute atomic E-state index is 13.2. The Morgan fingerprint density at radius 3 is 2.95 bits per heavy atom. The van der Waals surface area contributed by atoms with Gasteiger partial charge in [0.2, 0.25) is 5.91 Å². The molecule has 2 aliphatic rings. The Morgan fingerprint density at radius 2 is 2.25 bits per heavy atom. The van der Waals surface area contributed by atoms with Gasteiger partial charge < -0.3 is 10.2 Å². The van der Waals surface area contributed by atoms with Crippen LogP contribution in [0.4, 0.5) is 5.69 Å². The Bertz CT molecular complexity index is 505. The molecule has 1 amide bonds. The summed E-state index contributed by atoms with van der Waals surface area (Å²) in [5, 5.41) is 3.51. The van der Waals surface area contributed by atoms with Gasteiger partial charge in [0, 0.05) is 11.7 Å². The monoisotopic (exact) mass is 272 g/mol. The highest BCUT2D eigenvalue weighted by molar-refractivity contribution is 6.02. The molecule has 0 aromatic heterocycles. The molecule has 0 bridgehead atoms. The predicted molar refractivity (Wildman–Crippen MR) is 82.0 cm³/mol. The van der Waals surface area contributed by atoms with Crippen molar-refractivity contribution < 1.29 is 4.79 Å². The zero-order valence-electron chi connectivity index (χ0n) is 12.5. The number of carbonyl (C=O) groups is 1. The lowest BCUT2D eigenvalue weighted by atomic mass is 9.90. The van der Waals surface area contributed by atoms with Gasteiger partial charge in [-0.25, -0.2) is 0 Å². The Morgan fingerprint density at radius 1 is 1.45 bits per heavy atom. The van der Waals surface area contributed by atoms with Crippen LogP contribution in [0.15, 0.2) is 24.3 Å². The van der Waals surface area contributed by atoms with E-state index in [1.807, 2.05) is 11.0 Å². The SMILES string of the molecule is CCCC1(C(=O)N2c3ccccc3CC2C)CCCN1. The number of para-hydroxylation sites is 1. The van der Waals surface area contributed by atoms with Gasteiger partial charge in [0.25, 0.3) is 0 Å². The average molecular weight is 272 g/mol. The molecule has 1 N–H and O–H groups in total. The first kappa shape index (κ1) is 13.6. The Labute approximate surface area is 121 Å². The lowest BCUT2D eigenvalue weighted by molar-refractivity contribution is -0.125. The van der Waals surface area contributed by atoms with Crippen LogP contribution < -0.4 is 10.2 Å². The van der Waals surface area contributed by atoms with Gasteiger partial charge in [0.05, 0.1) is 5.54 Å². The molecule has 1 fully saturated rings. The van der Waals surface area contributed by atoms with Crippen LogP contribution in [-0.4, -0.2) is 24.0 Å². The molecular weight excluding hydrogens is 248 g/mol. The van der Waals surface area contributed by atoms with Crippen LogP contribution in [0.25, 0.3) is 0 Å². The number of benzene rings is 1. The van der Waals surface area contributed by atoms with Gasteiger partial charge in [0.1, 0.15) is 0 Å². The molecule has 2 aliphatic heterocycles. The number of fused-ring (bicyclic) bond motifs is 1. The number of nitrogens with one attached hydrogen (secondary N) is 1. The molecule has 108 valence electrons. The first-order chi connectivity index (χ1) is 9.68. The van der Waals surface area contributed by atoms with Crippen molar-refractivity contribution in [3.05, 3.63) is 29.8 Å². The fourth-order valence-electron chi connectivity index (χ4n) is 3.84. The molecule has 0 saturated carbocycles. The molecule has 2 heterocycles. The molecule has 1 aromatic carbocycles. The second kappa shape index (κ2) is 5.21. The van der Waals surface area contributed by atoms with E-state index >= 15 is 0 Å². The van der Waals surface area contributed by atoms with Gasteiger partial charge in [-0.1, -0.05) is 31.5 Å². The fourth-order valence-corrected chi connectivity index (χ4v) is 3.84. The van der Waals surface area contributed by atoms with E-state index in [0.29, 0.717) is 0 Å². The molecule has 2 unspecified atom stereocenters. The maximum Gasteiger partial charge on any atom is 0.247 e. The van der Waals surface area contributed by atoms with Crippen LogP contribution in [0.2, 0.25) is 0 Å². The van der Waals surface area contributed by atoms with E-state index in [9.17, 15) is 4.79 Å². The minimum Gasteiger partial charge on any atom is -0.307 e. The van der Waals surface area contributed by atoms with Gasteiger partial charge >= 0.3 is 0 Å². The molecule has 3 rings (SSSR count). The Kier molecular flexibility index (Phi) is 3.55. The third-order valence-corrected chi connectivity index (χ3v) is 4.76. The van der Waals surface area contributed by atoms with Gasteiger partial charge in [-0.3, -0.25) is 4.79 Å². The van der Waals surface area contributed by atoms with Gasteiger partial charge in [0.15, 0.2) is 0 Å². The fraction of sp³-hybridized carbons (Fsp3) is 0.588. The van der Waals surface area contributed by atoms with Crippen LogP contribution in [-0.2, 0) is 11.2 Å². The number of anilines is 1. The van der Waals surface area contributed by atoms with Crippen molar-refractivity contribution in [1.29, 1.82) is 0 Å². The number of hydrogen-bond donors (Lipinski definition) is 1. The summed E-state index contributed by atoms with van der Waals surface area (Å²) < 4.78 is 0. The van der Waals surface area contributed by atoms with Crippen LogP contribution >= 0.6 is 0 Å². The van der Waals surface area contributed by atoms with Crippen molar-refractivity contribution in [2.45, 2.75) is 57.5 Å². The summed E-state index contributed by atoms with van der Waals surface area (Å²) in [5.74, 6) is 0.286. The summed E-state index contributed by atoms with van der Waals surface area (Å²) in [6.07, 6.45) is 5.05. The van der Waals surface area contributed by atoms with E-state index in [1.165, 1.54) is 5.56 Å². The zero-order chi connectivity index (χ0) is 14.2. The molecule has 0 aliphatic carbocycles. The van der Waals surface area contributed by atoms with Crippen molar-refractivity contribution in [1.82, 2.24) is 5.32 Å². The van der Waals surface area contributed by atoms with Crippen LogP contribution in [0.5, 0.6) is 0 Å². The van der Waals surface area contributed by atoms with Crippen LogP contribution in [0.1, 0.15) is 45.1 Å². The van der Waals surface area contributed by atoms with Crippen molar-refractivity contribution in [2.75, 3.05) is 11.4 Å². The quantitative estimate of drug-likeness (QED) is 0.917. The highest BCUT2D eigenvalue weighted by atomic mass is 16.2. The predicted octanol–water partition coefficient (Wildman–Crippen LogP) is 2.89. The molecule has 3 heteroatoms. The second-order valence-corrected chi connectivity index (χ2v) is 6.22. The minimum atomic E-state index is -0.319. The zero-order valence-corrected chi connectivity index (χ0v) is 12.5. The molecule has 0 radical (unpaired) electrons. The van der Waals surface area contributed by atoms with Crippen LogP contribution in [0.3, 0.4) is 0 Å². The standard InChI is InChI=1S/C17H24N2O/c1-3-9-17(10-6-11-18-17)16(20)19-13(2)12-14-7-4-5-8-15(14)19/h4-5,7-8,13,18H,3,6,9-12H2,1-2H3. The summed E-state index contributed by atoms with van der Waals surface area (Å²) >= 11 is 0. The molecule has 3 nitrogen and oxygen atoms in total. The number of rotatable bonds is 3. The summed E-state index contributed by atoms with van der Waals surface area (Å²) in [7, 11) is 0. The number of nitrogens with zero attached hydrogens (tertiary/aromatic N) is 1. The second-order valence-electron chi connectivity index (χ2n) is 6.22. The van der Waals surface area contributed by atoms with E-state index in [2.05, 4.69) is 37.4 Å². The number of carbonyl (C=O) groups excluding carboxylic acids is 1. The minimum absolute atomic E-state index is 0.274. The van der Waals surface area contributed by atoms with Crippen molar-refractivity contribution in [3.63, 3.8) is 0 Å². The largest absolute Gasteiger partial charge is 0.307 e. The smallest absolute Gasteiger partial charge is 0.247 e. The first-order valence-electron chi connectivity index (χ1n) is 7.84. The van der Waals surface area contributed by atoms with Gasteiger partial charge in [-0.2, -0.15) is 0 Å². The number of amides is 1. The number of hydrogen-bond acceptors (Lipinski definition) is 2. The first-order valence-corrected chi connectivity index (χ1v) is 7.84. The molecule has 2 atom stereocenters. The van der Waals surface area contributed by atoms with Crippen molar-refractivity contribution >= 4 is 11.6 Å². The summed E-state index contributed by atoms with van der Waals surface area (Å²) in [4.78, 5) is 15.2. The van der Waals surface area contributed by atoms with E-state index in [0.717, 1.165) is 44.3 Å². The van der Waals surface area contributed by atoms with Crippen molar-refractivity contribution in [2.24, 2.45) is 0 Å². The third kappa shape index (κ3) is 2.05. The normalized spacial score (nSPS) is 28.7. The Hall–Kier alpha value is -1.35. The Balaban J connectivity index is 1.94. The summed E-state index contributed by atoms with van der Waals surface area (Å²) in [6.45, 7) is 5.29. The molecule has 20 heavy (non-hydrogen) atoms. The topological polar surface area (TPSA) is 32.3 Å². The van der Waals surface area contributed by atoms with Crippen molar-refractivity contribution in [3.8, 4) is 0 Å². The van der Waals surface area contributed by atoms with E-state index < -0.39 is 0 Å². The highest BCUT2D eigenvalue weighted by Crippen LogP contribution is 2.36. The highest BCUT2D eigenvalue weighted by Gasteiger charge is 2.45. The molecule has 1 aromatic rings. The molecular formula is C17H24N2O. The lowest BCUT2D eigenvalue weighted by Crippen LogP contribution is -2.56. The van der Waals surface area contributed by atoms with E-state index in [4.69, 9.17) is 0 Å². The average Bonchev–Trinajstić information content (AvgIpc) is 3.03. The molecule has 0 spiro atoms. The molecule has 1 saturated heterocycles.